The van der Waals surface area contributed by atoms with Gasteiger partial charge in [-0.05, 0) is 48.9 Å². The average Bonchev–Trinajstić information content (AvgIpc) is 2.73. The van der Waals surface area contributed by atoms with E-state index in [0.29, 0.717) is 22.2 Å². The molecular weight excluding hydrogens is 388 g/mol. The van der Waals surface area contributed by atoms with E-state index in [9.17, 15) is 4.79 Å². The molecule has 0 spiro atoms. The Kier molecular flexibility index (Phi) is 7.33. The van der Waals surface area contributed by atoms with E-state index >= 15 is 0 Å². The van der Waals surface area contributed by atoms with E-state index < -0.39 is 0 Å². The normalized spacial score (nSPS) is 14.5. The molecule has 6 heteroatoms. The highest BCUT2D eigenvalue weighted by molar-refractivity contribution is 6.33. The number of carbonyl (C=O) groups excluding carboxylic acids is 1. The smallest absolute Gasteiger partial charge is 0.262 e. The zero-order valence-electron chi connectivity index (χ0n) is 16.7. The number of nitrogens with zero attached hydrogens (tertiary/aromatic N) is 1. The molecule has 0 atom stereocenters. The second-order valence-electron chi connectivity index (χ2n) is 6.85. The van der Waals surface area contributed by atoms with E-state index in [2.05, 4.69) is 35.5 Å². The summed E-state index contributed by atoms with van der Waals surface area (Å²) < 4.78 is 11.1. The lowest BCUT2D eigenvalue weighted by Gasteiger charge is -2.20. The summed E-state index contributed by atoms with van der Waals surface area (Å²) in [6.07, 6.45) is 7.49. The van der Waals surface area contributed by atoms with Gasteiger partial charge in [-0.3, -0.25) is 4.79 Å². The number of ether oxygens (including phenoxy) is 2. The standard InChI is InChI=1S/C23H25ClN2O3/c1-26-13-11-17(12-14-26)7-8-18-9-10-21(22(15-18)28-2)29-16-23(27)25-20-6-4-3-5-19(20)24/h3-11,15H,12-14,16H2,1-2H3,(H,25,27)/b8-7+. The van der Waals surface area contributed by atoms with Crippen LogP contribution in [0.2, 0.25) is 5.02 Å². The maximum absolute atomic E-state index is 12.1. The topological polar surface area (TPSA) is 50.8 Å². The molecule has 0 aliphatic carbocycles. The van der Waals surface area contributed by atoms with Crippen LogP contribution in [-0.4, -0.2) is 44.7 Å². The van der Waals surface area contributed by atoms with Crippen LogP contribution in [-0.2, 0) is 4.79 Å². The van der Waals surface area contributed by atoms with Crippen molar-refractivity contribution >= 4 is 29.3 Å². The molecule has 0 saturated heterocycles. The molecule has 5 nitrogen and oxygen atoms in total. The van der Waals surface area contributed by atoms with Crippen LogP contribution in [0.4, 0.5) is 5.69 Å². The molecule has 1 N–H and O–H groups in total. The maximum Gasteiger partial charge on any atom is 0.262 e. The van der Waals surface area contributed by atoms with Gasteiger partial charge >= 0.3 is 0 Å². The van der Waals surface area contributed by atoms with Crippen molar-refractivity contribution in [2.24, 2.45) is 0 Å². The summed E-state index contributed by atoms with van der Waals surface area (Å²) in [7, 11) is 3.70. The first-order valence-corrected chi connectivity index (χ1v) is 9.84. The molecule has 1 heterocycles. The average molecular weight is 413 g/mol. The number of rotatable bonds is 7. The molecular formula is C23H25ClN2O3. The molecule has 1 aliphatic rings. The Hall–Kier alpha value is -2.76. The van der Waals surface area contributed by atoms with Gasteiger partial charge in [-0.15, -0.1) is 0 Å². The third-order valence-electron chi connectivity index (χ3n) is 4.63. The van der Waals surface area contributed by atoms with Crippen molar-refractivity contribution in [3.05, 3.63) is 70.8 Å². The third kappa shape index (κ3) is 6.11. The molecule has 2 aromatic rings. The highest BCUT2D eigenvalue weighted by Crippen LogP contribution is 2.29. The summed E-state index contributed by atoms with van der Waals surface area (Å²) in [4.78, 5) is 14.4. The summed E-state index contributed by atoms with van der Waals surface area (Å²) in [6, 6.07) is 12.7. The van der Waals surface area contributed by atoms with Gasteiger partial charge in [0.2, 0.25) is 0 Å². The Labute approximate surface area is 176 Å². The molecule has 0 radical (unpaired) electrons. The van der Waals surface area contributed by atoms with Crippen LogP contribution in [0.5, 0.6) is 11.5 Å². The monoisotopic (exact) mass is 412 g/mol. The van der Waals surface area contributed by atoms with Crippen LogP contribution in [0, 0.1) is 0 Å². The minimum absolute atomic E-state index is 0.142. The second-order valence-corrected chi connectivity index (χ2v) is 7.26. The number of allylic oxidation sites excluding steroid dienone is 1. The molecule has 3 rings (SSSR count). The molecule has 0 saturated carbocycles. The van der Waals surface area contributed by atoms with Gasteiger partial charge < -0.3 is 19.7 Å². The van der Waals surface area contributed by atoms with Crippen LogP contribution < -0.4 is 14.8 Å². The van der Waals surface area contributed by atoms with Gasteiger partial charge in [-0.2, -0.15) is 0 Å². The number of likely N-dealkylation sites (N-methyl/N-ethyl adjacent to an activating group) is 1. The number of amides is 1. The fourth-order valence-corrected chi connectivity index (χ4v) is 3.12. The molecule has 0 unspecified atom stereocenters. The molecule has 1 amide bonds. The largest absolute Gasteiger partial charge is 0.493 e. The summed E-state index contributed by atoms with van der Waals surface area (Å²) in [6.45, 7) is 1.91. The van der Waals surface area contributed by atoms with Gasteiger partial charge in [0.15, 0.2) is 18.1 Å². The molecule has 0 bridgehead atoms. The van der Waals surface area contributed by atoms with Gasteiger partial charge in [-0.1, -0.05) is 48.0 Å². The first-order valence-electron chi connectivity index (χ1n) is 9.46. The third-order valence-corrected chi connectivity index (χ3v) is 4.96. The lowest BCUT2D eigenvalue weighted by atomic mass is 10.1. The fourth-order valence-electron chi connectivity index (χ4n) is 2.94. The number of methoxy groups -OCH3 is 1. The van der Waals surface area contributed by atoms with Crippen molar-refractivity contribution < 1.29 is 14.3 Å². The zero-order valence-corrected chi connectivity index (χ0v) is 17.4. The number of halogens is 1. The number of anilines is 1. The summed E-state index contributed by atoms with van der Waals surface area (Å²) >= 11 is 6.06. The highest BCUT2D eigenvalue weighted by Gasteiger charge is 2.10. The van der Waals surface area contributed by atoms with Gasteiger partial charge in [0.25, 0.3) is 5.91 Å². The summed E-state index contributed by atoms with van der Waals surface area (Å²) in [5.74, 6) is 0.797. The lowest BCUT2D eigenvalue weighted by molar-refractivity contribution is -0.118. The Morgan fingerprint density at radius 1 is 1.21 bits per heavy atom. The molecule has 2 aromatic carbocycles. The predicted octanol–water partition coefficient (Wildman–Crippen LogP) is 4.64. The zero-order chi connectivity index (χ0) is 20.6. The van der Waals surface area contributed by atoms with Crippen LogP contribution in [0.25, 0.3) is 6.08 Å². The van der Waals surface area contributed by atoms with Crippen LogP contribution in [0.1, 0.15) is 12.0 Å². The van der Waals surface area contributed by atoms with Crippen LogP contribution in [0.3, 0.4) is 0 Å². The van der Waals surface area contributed by atoms with Gasteiger partial charge in [0.05, 0.1) is 17.8 Å². The van der Waals surface area contributed by atoms with E-state index in [-0.39, 0.29) is 12.5 Å². The Morgan fingerprint density at radius 3 is 2.76 bits per heavy atom. The van der Waals surface area contributed by atoms with Crippen molar-refractivity contribution in [2.45, 2.75) is 6.42 Å². The quantitative estimate of drug-likeness (QED) is 0.719. The van der Waals surface area contributed by atoms with Crippen molar-refractivity contribution in [3.8, 4) is 11.5 Å². The Bertz CT molecular complexity index is 924. The second kappa shape index (κ2) is 10.1. The first-order chi connectivity index (χ1) is 14.0. The van der Waals surface area contributed by atoms with Crippen molar-refractivity contribution in [1.82, 2.24) is 4.90 Å². The maximum atomic E-state index is 12.1. The van der Waals surface area contributed by atoms with E-state index in [1.807, 2.05) is 18.2 Å². The fraction of sp³-hybridized carbons (Fsp3) is 0.261. The summed E-state index contributed by atoms with van der Waals surface area (Å²) in [5.41, 5.74) is 2.90. The lowest BCUT2D eigenvalue weighted by Crippen LogP contribution is -2.23. The van der Waals surface area contributed by atoms with Crippen molar-refractivity contribution in [3.63, 3.8) is 0 Å². The molecule has 1 aliphatic heterocycles. The minimum atomic E-state index is -0.293. The first kappa shape index (κ1) is 21.0. The Morgan fingerprint density at radius 2 is 2.03 bits per heavy atom. The number of benzene rings is 2. The summed E-state index contributed by atoms with van der Waals surface area (Å²) in [5, 5.41) is 3.21. The number of para-hydroxylation sites is 1. The number of hydrogen-bond acceptors (Lipinski definition) is 4. The van der Waals surface area contributed by atoms with Crippen LogP contribution >= 0.6 is 11.6 Å². The van der Waals surface area contributed by atoms with Crippen molar-refractivity contribution in [1.29, 1.82) is 0 Å². The number of hydrogen-bond donors (Lipinski definition) is 1. The van der Waals surface area contributed by atoms with Gasteiger partial charge in [0, 0.05) is 13.1 Å². The molecule has 152 valence electrons. The predicted molar refractivity (Wildman–Crippen MR) is 118 cm³/mol. The van der Waals surface area contributed by atoms with E-state index in [4.69, 9.17) is 21.1 Å². The van der Waals surface area contributed by atoms with E-state index in [1.165, 1.54) is 5.57 Å². The van der Waals surface area contributed by atoms with Crippen molar-refractivity contribution in [2.75, 3.05) is 39.2 Å². The minimum Gasteiger partial charge on any atom is -0.493 e. The number of nitrogens with one attached hydrogen (secondary N) is 1. The SMILES string of the molecule is COc1cc(/C=C/C2=CCN(C)CC2)ccc1OCC(=O)Nc1ccccc1Cl. The van der Waals surface area contributed by atoms with Gasteiger partial charge in [-0.25, -0.2) is 0 Å². The number of carbonyl (C=O) groups is 1. The van der Waals surface area contributed by atoms with Gasteiger partial charge in [0.1, 0.15) is 0 Å². The van der Waals surface area contributed by atoms with Crippen LogP contribution in [0.15, 0.2) is 60.2 Å². The highest BCUT2D eigenvalue weighted by atomic mass is 35.5. The van der Waals surface area contributed by atoms with E-state index in [0.717, 1.165) is 25.1 Å². The molecule has 0 aromatic heterocycles. The van der Waals surface area contributed by atoms with E-state index in [1.54, 1.807) is 31.4 Å². The molecule has 29 heavy (non-hydrogen) atoms. The molecule has 0 fully saturated rings. The Balaban J connectivity index is 1.60.